The fourth-order valence-corrected chi connectivity index (χ4v) is 9.29. The van der Waals surface area contributed by atoms with E-state index >= 15 is 0 Å². The highest BCUT2D eigenvalue weighted by Crippen LogP contribution is 2.31. The summed E-state index contributed by atoms with van der Waals surface area (Å²) < 4.78 is 52.0. The van der Waals surface area contributed by atoms with Crippen molar-refractivity contribution in [3.63, 3.8) is 0 Å². The van der Waals surface area contributed by atoms with E-state index in [0.717, 1.165) is 5.56 Å². The highest BCUT2D eigenvalue weighted by molar-refractivity contribution is 7.96. The molecule has 2 aliphatic heterocycles. The molecule has 8 nitrogen and oxygen atoms in total. The van der Waals surface area contributed by atoms with E-state index in [2.05, 4.69) is 30.7 Å². The minimum atomic E-state index is -3.80. The molecule has 0 spiro atoms. The molecule has 32 heavy (non-hydrogen) atoms. The van der Waals surface area contributed by atoms with Gasteiger partial charge in [0.2, 0.25) is 5.95 Å². The van der Waals surface area contributed by atoms with Crippen LogP contribution in [0.3, 0.4) is 0 Å². The molecule has 0 N–H and O–H groups in total. The lowest BCUT2D eigenvalue weighted by atomic mass is 9.87. The Morgan fingerprint density at radius 2 is 1.53 bits per heavy atom. The molecule has 2 saturated heterocycles. The summed E-state index contributed by atoms with van der Waals surface area (Å²) in [6, 6.07) is 8.08. The molecule has 0 amide bonds. The Bertz CT molecular complexity index is 1150. The zero-order valence-corrected chi connectivity index (χ0v) is 20.3. The standard InChI is InChI=1S/C22H30N4O4S2/c1-22(2,3)17-5-7-18(8-6-17)32(29,30)20-16-31(27,28)15-19(20)25-11-13-26(14-12-25)21-23-9-4-10-24-21/h4-10,19-20H,11-16H2,1-3H3. The van der Waals surface area contributed by atoms with Gasteiger partial charge in [0.15, 0.2) is 19.7 Å². The van der Waals surface area contributed by atoms with Gasteiger partial charge in [-0.1, -0.05) is 32.9 Å². The van der Waals surface area contributed by atoms with Crippen molar-refractivity contribution in [3.8, 4) is 0 Å². The van der Waals surface area contributed by atoms with Crippen LogP contribution in [0.4, 0.5) is 5.95 Å². The van der Waals surface area contributed by atoms with Gasteiger partial charge in [-0.15, -0.1) is 0 Å². The summed E-state index contributed by atoms with van der Waals surface area (Å²) in [4.78, 5) is 12.8. The summed E-state index contributed by atoms with van der Waals surface area (Å²) in [7, 11) is -7.24. The third-order valence-electron chi connectivity index (χ3n) is 6.34. The highest BCUT2D eigenvalue weighted by atomic mass is 32.2. The van der Waals surface area contributed by atoms with E-state index < -0.39 is 31.0 Å². The van der Waals surface area contributed by atoms with Crippen LogP contribution in [0.2, 0.25) is 0 Å². The second-order valence-corrected chi connectivity index (χ2v) is 13.9. The van der Waals surface area contributed by atoms with Crippen molar-refractivity contribution in [1.82, 2.24) is 14.9 Å². The van der Waals surface area contributed by atoms with Crippen molar-refractivity contribution < 1.29 is 16.8 Å². The van der Waals surface area contributed by atoms with Crippen LogP contribution in [-0.4, -0.2) is 80.7 Å². The second-order valence-electron chi connectivity index (χ2n) is 9.57. The summed E-state index contributed by atoms with van der Waals surface area (Å²) >= 11 is 0. The molecule has 2 aliphatic rings. The summed E-state index contributed by atoms with van der Waals surface area (Å²) in [5.74, 6) is 0.177. The Morgan fingerprint density at radius 3 is 2.09 bits per heavy atom. The molecule has 3 heterocycles. The van der Waals surface area contributed by atoms with E-state index in [9.17, 15) is 16.8 Å². The van der Waals surface area contributed by atoms with E-state index in [-0.39, 0.29) is 21.8 Å². The first-order chi connectivity index (χ1) is 15.0. The van der Waals surface area contributed by atoms with Gasteiger partial charge in [-0.3, -0.25) is 4.90 Å². The first kappa shape index (κ1) is 23.1. The maximum absolute atomic E-state index is 13.5. The van der Waals surface area contributed by atoms with E-state index in [1.165, 1.54) is 0 Å². The van der Waals surface area contributed by atoms with Crippen LogP contribution in [0.25, 0.3) is 0 Å². The molecule has 0 radical (unpaired) electrons. The van der Waals surface area contributed by atoms with Crippen molar-refractivity contribution in [2.45, 2.75) is 42.4 Å². The molecule has 2 aromatic rings. The average molecular weight is 479 g/mol. The lowest BCUT2D eigenvalue weighted by Gasteiger charge is -2.39. The molecule has 1 aromatic heterocycles. The Hall–Kier alpha value is -2.04. The number of hydrogen-bond donors (Lipinski definition) is 0. The Labute approximate surface area is 190 Å². The van der Waals surface area contributed by atoms with Crippen LogP contribution in [0.5, 0.6) is 0 Å². The summed E-state index contributed by atoms with van der Waals surface area (Å²) in [5, 5.41) is -0.965. The van der Waals surface area contributed by atoms with Crippen LogP contribution in [0.1, 0.15) is 26.3 Å². The van der Waals surface area contributed by atoms with Crippen molar-refractivity contribution >= 4 is 25.6 Å². The third kappa shape index (κ3) is 4.67. The minimum Gasteiger partial charge on any atom is -0.338 e. The van der Waals surface area contributed by atoms with Crippen molar-refractivity contribution in [2.24, 2.45) is 0 Å². The zero-order chi connectivity index (χ0) is 23.1. The van der Waals surface area contributed by atoms with Gasteiger partial charge in [-0.05, 0) is 29.2 Å². The number of sulfone groups is 2. The summed E-state index contributed by atoms with van der Waals surface area (Å²) in [6.07, 6.45) is 3.37. The number of benzene rings is 1. The Morgan fingerprint density at radius 1 is 0.938 bits per heavy atom. The Balaban J connectivity index is 1.55. The van der Waals surface area contributed by atoms with Gasteiger partial charge in [-0.2, -0.15) is 0 Å². The number of hydrogen-bond acceptors (Lipinski definition) is 8. The van der Waals surface area contributed by atoms with Crippen LogP contribution < -0.4 is 4.90 Å². The van der Waals surface area contributed by atoms with E-state index in [1.54, 1.807) is 30.6 Å². The predicted molar refractivity (Wildman–Crippen MR) is 124 cm³/mol. The molecule has 0 aliphatic carbocycles. The maximum Gasteiger partial charge on any atom is 0.225 e. The van der Waals surface area contributed by atoms with Gasteiger partial charge in [0.25, 0.3) is 0 Å². The molecule has 0 bridgehead atoms. The highest BCUT2D eigenvalue weighted by Gasteiger charge is 2.48. The number of aromatic nitrogens is 2. The predicted octanol–water partition coefficient (Wildman–Crippen LogP) is 1.54. The number of rotatable bonds is 4. The zero-order valence-electron chi connectivity index (χ0n) is 18.7. The molecule has 174 valence electrons. The van der Waals surface area contributed by atoms with Crippen LogP contribution >= 0.6 is 0 Å². The normalized spacial score (nSPS) is 24.5. The number of nitrogens with zero attached hydrogens (tertiary/aromatic N) is 4. The van der Waals surface area contributed by atoms with Crippen molar-refractivity contribution in [2.75, 3.05) is 42.6 Å². The van der Waals surface area contributed by atoms with Crippen molar-refractivity contribution in [3.05, 3.63) is 48.3 Å². The van der Waals surface area contributed by atoms with Crippen molar-refractivity contribution in [1.29, 1.82) is 0 Å². The molecular formula is C22H30N4O4S2. The summed E-state index contributed by atoms with van der Waals surface area (Å²) in [6.45, 7) is 8.56. The molecule has 2 atom stereocenters. The lowest BCUT2D eigenvalue weighted by molar-refractivity contribution is 0.201. The number of piperazine rings is 1. The number of anilines is 1. The fourth-order valence-electron chi connectivity index (χ4n) is 4.46. The third-order valence-corrected chi connectivity index (χ3v) is 10.5. The van der Waals surface area contributed by atoms with E-state index in [0.29, 0.717) is 32.1 Å². The molecule has 1 aromatic carbocycles. The van der Waals surface area contributed by atoms with E-state index in [4.69, 9.17) is 0 Å². The van der Waals surface area contributed by atoms with Gasteiger partial charge in [0.1, 0.15) is 0 Å². The first-order valence-corrected chi connectivity index (χ1v) is 14.1. The topological polar surface area (TPSA) is 101 Å². The maximum atomic E-state index is 13.5. The van der Waals surface area contributed by atoms with Crippen LogP contribution in [0.15, 0.2) is 47.6 Å². The van der Waals surface area contributed by atoms with Gasteiger partial charge < -0.3 is 4.90 Å². The quantitative estimate of drug-likeness (QED) is 0.652. The second kappa shape index (κ2) is 8.39. The minimum absolute atomic E-state index is 0.0936. The summed E-state index contributed by atoms with van der Waals surface area (Å²) in [5.41, 5.74) is 0.940. The van der Waals surface area contributed by atoms with E-state index in [1.807, 2.05) is 21.9 Å². The SMILES string of the molecule is CC(C)(C)c1ccc(S(=O)(=O)C2CS(=O)(=O)CC2N2CCN(c3ncccn3)CC2)cc1. The molecular weight excluding hydrogens is 448 g/mol. The molecule has 0 saturated carbocycles. The molecule has 10 heteroatoms. The fraction of sp³-hybridized carbons (Fsp3) is 0.545. The smallest absolute Gasteiger partial charge is 0.225 e. The van der Waals surface area contributed by atoms with Gasteiger partial charge in [0, 0.05) is 44.6 Å². The average Bonchev–Trinajstić information content (AvgIpc) is 3.10. The first-order valence-electron chi connectivity index (χ1n) is 10.8. The molecule has 2 fully saturated rings. The van der Waals surface area contributed by atoms with Gasteiger partial charge >= 0.3 is 0 Å². The lowest BCUT2D eigenvalue weighted by Crippen LogP contribution is -2.55. The molecule has 4 rings (SSSR count). The Kier molecular flexibility index (Phi) is 6.06. The van der Waals surface area contributed by atoms with Crippen LogP contribution in [0, 0.1) is 0 Å². The van der Waals surface area contributed by atoms with Crippen LogP contribution in [-0.2, 0) is 25.1 Å². The van der Waals surface area contributed by atoms with Gasteiger partial charge in [0.05, 0.1) is 21.7 Å². The molecule has 2 unspecified atom stereocenters. The largest absolute Gasteiger partial charge is 0.338 e. The van der Waals surface area contributed by atoms with Gasteiger partial charge in [-0.25, -0.2) is 26.8 Å². The monoisotopic (exact) mass is 478 g/mol.